The van der Waals surface area contributed by atoms with Crippen molar-refractivity contribution in [3.8, 4) is 0 Å². The van der Waals surface area contributed by atoms with Gasteiger partial charge in [0.15, 0.2) is 0 Å². The fourth-order valence-corrected chi connectivity index (χ4v) is 5.32. The predicted molar refractivity (Wildman–Crippen MR) is 135 cm³/mol. The normalized spacial score (nSPS) is 12.1. The minimum atomic E-state index is -4.09. The van der Waals surface area contributed by atoms with Crippen LogP contribution in [-0.4, -0.2) is 20.9 Å². The number of hydrogen-bond donors (Lipinski definition) is 1. The van der Waals surface area contributed by atoms with Crippen LogP contribution in [0.15, 0.2) is 114 Å². The van der Waals surface area contributed by atoms with Gasteiger partial charge >= 0.3 is 0 Å². The zero-order valence-electron chi connectivity index (χ0n) is 19.1. The number of halogens is 1. The molecule has 4 aromatic carbocycles. The van der Waals surface area contributed by atoms with Crippen molar-refractivity contribution in [1.29, 1.82) is 0 Å². The summed E-state index contributed by atoms with van der Waals surface area (Å²) in [5.41, 5.74) is 2.97. The SMILES string of the molecule is Cc1ccccc1C(NC(=O)CN(c1ccc(F)cc1)S(=O)(=O)c1ccccc1)c1ccccc1. The van der Waals surface area contributed by atoms with Gasteiger partial charge in [0.25, 0.3) is 10.0 Å². The number of nitrogens with zero attached hydrogens (tertiary/aromatic N) is 1. The van der Waals surface area contributed by atoms with Gasteiger partial charge in [0.2, 0.25) is 5.91 Å². The molecule has 0 spiro atoms. The fourth-order valence-electron chi connectivity index (χ4n) is 3.88. The molecule has 35 heavy (non-hydrogen) atoms. The summed E-state index contributed by atoms with van der Waals surface area (Å²) >= 11 is 0. The summed E-state index contributed by atoms with van der Waals surface area (Å²) < 4.78 is 41.5. The summed E-state index contributed by atoms with van der Waals surface area (Å²) in [6.45, 7) is 1.49. The summed E-state index contributed by atoms with van der Waals surface area (Å²) in [6.07, 6.45) is 0. The van der Waals surface area contributed by atoms with Crippen LogP contribution in [0.4, 0.5) is 10.1 Å². The minimum absolute atomic E-state index is 0.0376. The molecule has 7 heteroatoms. The number of benzene rings is 4. The number of hydrogen-bond acceptors (Lipinski definition) is 3. The Hall–Kier alpha value is -3.97. The van der Waals surface area contributed by atoms with Crippen molar-refractivity contribution in [2.24, 2.45) is 0 Å². The van der Waals surface area contributed by atoms with Crippen molar-refractivity contribution in [2.75, 3.05) is 10.8 Å². The van der Waals surface area contributed by atoms with E-state index < -0.39 is 34.3 Å². The van der Waals surface area contributed by atoms with E-state index in [0.717, 1.165) is 21.0 Å². The summed E-state index contributed by atoms with van der Waals surface area (Å²) in [5, 5.41) is 3.01. The standard InChI is InChI=1S/C28H25FN2O3S/c1-21-10-8-9-15-26(21)28(22-11-4-2-5-12-22)30-27(32)20-31(24-18-16-23(29)17-19-24)35(33,34)25-13-6-3-7-14-25/h2-19,28H,20H2,1H3,(H,30,32). The van der Waals surface area contributed by atoms with Gasteiger partial charge < -0.3 is 5.32 Å². The topological polar surface area (TPSA) is 66.5 Å². The third kappa shape index (κ3) is 5.58. The van der Waals surface area contributed by atoms with E-state index in [4.69, 9.17) is 0 Å². The summed E-state index contributed by atoms with van der Waals surface area (Å²) in [5.74, 6) is -0.995. The number of carbonyl (C=O) groups excluding carboxylic acids is 1. The van der Waals surface area contributed by atoms with E-state index in [1.165, 1.54) is 36.4 Å². The third-order valence-corrected chi connectivity index (χ3v) is 7.46. The molecule has 0 aliphatic rings. The van der Waals surface area contributed by atoms with Gasteiger partial charge in [-0.25, -0.2) is 12.8 Å². The minimum Gasteiger partial charge on any atom is -0.344 e. The molecule has 0 heterocycles. The molecule has 1 unspecified atom stereocenters. The number of carbonyl (C=O) groups is 1. The van der Waals surface area contributed by atoms with Crippen LogP contribution in [0.3, 0.4) is 0 Å². The van der Waals surface area contributed by atoms with E-state index in [1.54, 1.807) is 18.2 Å². The lowest BCUT2D eigenvalue weighted by atomic mass is 9.95. The highest BCUT2D eigenvalue weighted by atomic mass is 32.2. The first kappa shape index (κ1) is 24.2. The van der Waals surface area contributed by atoms with Crippen molar-refractivity contribution >= 4 is 21.6 Å². The molecular formula is C28H25FN2O3S. The maximum Gasteiger partial charge on any atom is 0.264 e. The maximum absolute atomic E-state index is 13.6. The summed E-state index contributed by atoms with van der Waals surface area (Å²) in [6, 6.07) is 29.6. The number of amides is 1. The van der Waals surface area contributed by atoms with Crippen LogP contribution < -0.4 is 9.62 Å². The number of sulfonamides is 1. The van der Waals surface area contributed by atoms with Crippen LogP contribution in [0.1, 0.15) is 22.7 Å². The van der Waals surface area contributed by atoms with Crippen LogP contribution in [0.2, 0.25) is 0 Å². The Bertz CT molecular complexity index is 1390. The van der Waals surface area contributed by atoms with Gasteiger partial charge in [0.05, 0.1) is 16.6 Å². The van der Waals surface area contributed by atoms with E-state index in [0.29, 0.717) is 0 Å². The average molecular weight is 489 g/mol. The Labute approximate surface area is 204 Å². The second kappa shape index (κ2) is 10.5. The smallest absolute Gasteiger partial charge is 0.264 e. The zero-order valence-corrected chi connectivity index (χ0v) is 20.0. The number of aryl methyl sites for hydroxylation is 1. The lowest BCUT2D eigenvalue weighted by molar-refractivity contribution is -0.120. The Morgan fingerprint density at radius 3 is 2.03 bits per heavy atom. The Kier molecular flexibility index (Phi) is 7.27. The molecule has 4 rings (SSSR count). The zero-order chi connectivity index (χ0) is 24.8. The Morgan fingerprint density at radius 2 is 1.40 bits per heavy atom. The van der Waals surface area contributed by atoms with E-state index in [1.807, 2.05) is 61.5 Å². The Morgan fingerprint density at radius 1 is 0.829 bits per heavy atom. The molecule has 0 aliphatic carbocycles. The highest BCUT2D eigenvalue weighted by Crippen LogP contribution is 2.27. The van der Waals surface area contributed by atoms with Gasteiger partial charge in [0.1, 0.15) is 12.4 Å². The second-order valence-corrected chi connectivity index (χ2v) is 9.93. The molecule has 0 aliphatic heterocycles. The van der Waals surface area contributed by atoms with E-state index >= 15 is 0 Å². The van der Waals surface area contributed by atoms with Crippen molar-refractivity contribution in [3.63, 3.8) is 0 Å². The maximum atomic E-state index is 13.6. The second-order valence-electron chi connectivity index (χ2n) is 8.07. The van der Waals surface area contributed by atoms with Crippen molar-refractivity contribution in [3.05, 3.63) is 132 Å². The molecule has 0 saturated heterocycles. The van der Waals surface area contributed by atoms with Crippen LogP contribution in [0, 0.1) is 12.7 Å². The van der Waals surface area contributed by atoms with E-state index in [-0.39, 0.29) is 10.6 Å². The number of rotatable bonds is 8. The summed E-state index contributed by atoms with van der Waals surface area (Å²) in [4.78, 5) is 13.4. The first-order chi connectivity index (χ1) is 16.9. The quantitative estimate of drug-likeness (QED) is 0.369. The molecule has 1 amide bonds. The van der Waals surface area contributed by atoms with Gasteiger partial charge in [-0.1, -0.05) is 72.8 Å². The van der Waals surface area contributed by atoms with Gasteiger partial charge in [0, 0.05) is 0 Å². The predicted octanol–water partition coefficient (Wildman–Crippen LogP) is 5.24. The molecule has 0 aromatic heterocycles. The van der Waals surface area contributed by atoms with Crippen LogP contribution >= 0.6 is 0 Å². The lowest BCUT2D eigenvalue weighted by Gasteiger charge is -2.26. The molecule has 1 N–H and O–H groups in total. The molecule has 4 aromatic rings. The van der Waals surface area contributed by atoms with E-state index in [9.17, 15) is 17.6 Å². The highest BCUT2D eigenvalue weighted by Gasteiger charge is 2.28. The van der Waals surface area contributed by atoms with Crippen molar-refractivity contribution in [1.82, 2.24) is 5.32 Å². The molecular weight excluding hydrogens is 463 g/mol. The van der Waals surface area contributed by atoms with Gasteiger partial charge in [-0.2, -0.15) is 0 Å². The van der Waals surface area contributed by atoms with Crippen LogP contribution in [-0.2, 0) is 14.8 Å². The number of anilines is 1. The molecule has 0 radical (unpaired) electrons. The van der Waals surface area contributed by atoms with Crippen molar-refractivity contribution in [2.45, 2.75) is 17.9 Å². The molecule has 0 bridgehead atoms. The monoisotopic (exact) mass is 488 g/mol. The number of nitrogens with one attached hydrogen (secondary N) is 1. The first-order valence-electron chi connectivity index (χ1n) is 11.1. The van der Waals surface area contributed by atoms with Crippen LogP contribution in [0.5, 0.6) is 0 Å². The average Bonchev–Trinajstić information content (AvgIpc) is 2.88. The van der Waals surface area contributed by atoms with Crippen molar-refractivity contribution < 1.29 is 17.6 Å². The molecule has 0 fully saturated rings. The van der Waals surface area contributed by atoms with Gasteiger partial charge in [-0.05, 0) is 60.0 Å². The third-order valence-electron chi connectivity index (χ3n) is 5.67. The molecule has 5 nitrogen and oxygen atoms in total. The lowest BCUT2D eigenvalue weighted by Crippen LogP contribution is -2.42. The van der Waals surface area contributed by atoms with Crippen LogP contribution in [0.25, 0.3) is 0 Å². The Balaban J connectivity index is 1.69. The first-order valence-corrected chi connectivity index (χ1v) is 12.5. The molecule has 0 saturated carbocycles. The highest BCUT2D eigenvalue weighted by molar-refractivity contribution is 7.92. The van der Waals surface area contributed by atoms with E-state index in [2.05, 4.69) is 5.32 Å². The molecule has 178 valence electrons. The van der Waals surface area contributed by atoms with Gasteiger partial charge in [-0.15, -0.1) is 0 Å². The largest absolute Gasteiger partial charge is 0.344 e. The fraction of sp³-hybridized carbons (Fsp3) is 0.107. The summed E-state index contributed by atoms with van der Waals surface area (Å²) in [7, 11) is -4.09. The molecule has 1 atom stereocenters. The van der Waals surface area contributed by atoms with Gasteiger partial charge in [-0.3, -0.25) is 9.10 Å².